The summed E-state index contributed by atoms with van der Waals surface area (Å²) in [5.41, 5.74) is 3.67. The largest absolute Gasteiger partial charge is 0.489 e. The number of ether oxygens (including phenoxy) is 1. The summed E-state index contributed by atoms with van der Waals surface area (Å²) >= 11 is 6.45. The lowest BCUT2D eigenvalue weighted by Crippen LogP contribution is -2.60. The van der Waals surface area contributed by atoms with Crippen molar-refractivity contribution in [1.82, 2.24) is 19.2 Å². The zero-order chi connectivity index (χ0) is 31.9. The maximum atomic E-state index is 12.8. The van der Waals surface area contributed by atoms with Crippen LogP contribution >= 0.6 is 18.7 Å². The fraction of sp³-hybridized carbons (Fsp3) is 0.419. The molecule has 0 unspecified atom stereocenters. The second-order valence-corrected chi connectivity index (χ2v) is 17.6. The molecule has 4 heterocycles. The van der Waals surface area contributed by atoms with E-state index in [1.807, 2.05) is 30.3 Å². The van der Waals surface area contributed by atoms with Crippen molar-refractivity contribution in [3.05, 3.63) is 65.2 Å². The van der Waals surface area contributed by atoms with Gasteiger partial charge in [0.25, 0.3) is 0 Å². The molecule has 0 aliphatic carbocycles. The number of aromatic nitrogens is 2. The van der Waals surface area contributed by atoms with E-state index in [0.29, 0.717) is 48.2 Å². The van der Waals surface area contributed by atoms with E-state index in [0.717, 1.165) is 65.9 Å². The van der Waals surface area contributed by atoms with Gasteiger partial charge in [-0.1, -0.05) is 30.3 Å². The van der Waals surface area contributed by atoms with Gasteiger partial charge in [0, 0.05) is 61.2 Å². The molecule has 11 nitrogen and oxygen atoms in total. The van der Waals surface area contributed by atoms with Gasteiger partial charge in [0.05, 0.1) is 23.6 Å². The number of rotatable bonds is 8. The summed E-state index contributed by atoms with van der Waals surface area (Å²) in [5.74, 6) is 1.59. The Hall–Kier alpha value is -3.15. The number of hydrogen-bond donors (Lipinski definition) is 2. The van der Waals surface area contributed by atoms with Crippen LogP contribution in [0.25, 0.3) is 0 Å². The van der Waals surface area contributed by atoms with Crippen molar-refractivity contribution in [3.63, 3.8) is 0 Å². The van der Waals surface area contributed by atoms with Crippen molar-refractivity contribution in [2.75, 3.05) is 68.2 Å². The quantitative estimate of drug-likeness (QED) is 0.317. The molecule has 0 spiro atoms. The van der Waals surface area contributed by atoms with Crippen LogP contribution in [-0.4, -0.2) is 92.3 Å². The first kappa shape index (κ1) is 31.8. The van der Waals surface area contributed by atoms with Crippen LogP contribution in [0.4, 0.5) is 28.8 Å². The van der Waals surface area contributed by atoms with Crippen LogP contribution in [0, 0.1) is 6.92 Å². The molecule has 2 fully saturated rings. The number of hydrogen-bond acceptors (Lipinski definition) is 10. The predicted molar refractivity (Wildman–Crippen MR) is 182 cm³/mol. The van der Waals surface area contributed by atoms with Gasteiger partial charge < -0.3 is 24.8 Å². The molecule has 1 aromatic heterocycles. The van der Waals surface area contributed by atoms with Crippen molar-refractivity contribution in [2.45, 2.75) is 31.8 Å². The van der Waals surface area contributed by atoms with Crippen molar-refractivity contribution < 1.29 is 17.7 Å². The van der Waals surface area contributed by atoms with Gasteiger partial charge in [0.2, 0.25) is 16.0 Å². The number of anilines is 5. The summed E-state index contributed by atoms with van der Waals surface area (Å²) in [4.78, 5) is 13.9. The number of piperidine rings is 1. The average molecular weight is 672 g/mol. The van der Waals surface area contributed by atoms with Gasteiger partial charge in [-0.05, 0) is 56.9 Å². The standard InChI is InChI=1S/C31H39ClN7O4PS/c1-5-45(41,42)38-12-10-23(11-13-38)37-14-15-39-24(19-37)20-43-27-17-22(16-21(2)29(27)39)34-31-33-18-25(32)30(36-31)35-26-8-6-7-9-28(26)44(3,4)40/h5-9,16-18,23-24H,1,10-15,19-20H2,2-4H3,(H2,33,34,35,36)/t24-/m0/s1. The number of sulfonamides is 1. The zero-order valence-corrected chi connectivity index (χ0v) is 28.2. The molecule has 1 atom stereocenters. The highest BCUT2D eigenvalue weighted by molar-refractivity contribution is 7.92. The summed E-state index contributed by atoms with van der Waals surface area (Å²) < 4.78 is 45.1. The maximum absolute atomic E-state index is 12.8. The SMILES string of the molecule is C=CS(=O)(=O)N1CCC(N2CCN3c4c(C)cc(Nc5ncc(Cl)c(Nc6ccccc6P(C)(C)=O)n5)cc4OC[C@@H]3C2)CC1. The van der Waals surface area contributed by atoms with Crippen molar-refractivity contribution in [1.29, 1.82) is 0 Å². The minimum atomic E-state index is -3.36. The molecule has 0 radical (unpaired) electrons. The molecule has 0 bridgehead atoms. The van der Waals surface area contributed by atoms with E-state index in [1.165, 1.54) is 10.5 Å². The molecular formula is C31H39ClN7O4PS. The molecule has 3 aliphatic rings. The molecule has 2 N–H and O–H groups in total. The Morgan fingerprint density at radius 2 is 1.84 bits per heavy atom. The van der Waals surface area contributed by atoms with E-state index >= 15 is 0 Å². The zero-order valence-electron chi connectivity index (χ0n) is 25.7. The summed E-state index contributed by atoms with van der Waals surface area (Å²) in [7, 11) is -5.89. The molecule has 3 aliphatic heterocycles. The molecular weight excluding hydrogens is 633 g/mol. The number of nitrogens with zero attached hydrogens (tertiary/aromatic N) is 5. The van der Waals surface area contributed by atoms with Crippen LogP contribution in [-0.2, 0) is 14.6 Å². The molecule has 2 saturated heterocycles. The molecule has 2 aromatic carbocycles. The van der Waals surface area contributed by atoms with Crippen LogP contribution in [0.3, 0.4) is 0 Å². The molecule has 240 valence electrons. The minimum Gasteiger partial charge on any atom is -0.489 e. The van der Waals surface area contributed by atoms with Gasteiger partial charge in [0.15, 0.2) is 5.82 Å². The van der Waals surface area contributed by atoms with Crippen LogP contribution in [0.15, 0.2) is 54.6 Å². The van der Waals surface area contributed by atoms with Crippen molar-refractivity contribution in [2.24, 2.45) is 0 Å². The first-order valence-corrected chi connectivity index (χ1v) is 19.5. The number of piperazine rings is 1. The van der Waals surface area contributed by atoms with E-state index in [9.17, 15) is 13.0 Å². The Balaban J connectivity index is 1.14. The van der Waals surface area contributed by atoms with Gasteiger partial charge in [-0.2, -0.15) is 9.29 Å². The lowest BCUT2D eigenvalue weighted by atomic mass is 9.99. The van der Waals surface area contributed by atoms with Crippen molar-refractivity contribution >= 4 is 62.9 Å². The Labute approximate surface area is 270 Å². The van der Waals surface area contributed by atoms with Gasteiger partial charge in [0.1, 0.15) is 24.5 Å². The van der Waals surface area contributed by atoms with Gasteiger partial charge in [-0.25, -0.2) is 13.4 Å². The Morgan fingerprint density at radius 1 is 1.09 bits per heavy atom. The Bertz CT molecular complexity index is 1760. The van der Waals surface area contributed by atoms with Crippen LogP contribution in [0.5, 0.6) is 5.75 Å². The number of para-hydroxylation sites is 1. The van der Waals surface area contributed by atoms with Crippen LogP contribution < -0.4 is 25.6 Å². The lowest BCUT2D eigenvalue weighted by molar-refractivity contribution is 0.0976. The van der Waals surface area contributed by atoms with E-state index in [2.05, 4.69) is 50.0 Å². The van der Waals surface area contributed by atoms with E-state index < -0.39 is 17.2 Å². The fourth-order valence-electron chi connectivity index (χ4n) is 6.52. The summed E-state index contributed by atoms with van der Waals surface area (Å²) in [6.45, 7) is 13.3. The third-order valence-corrected chi connectivity index (χ3v) is 12.1. The molecule has 0 amide bonds. The molecule has 45 heavy (non-hydrogen) atoms. The summed E-state index contributed by atoms with van der Waals surface area (Å²) in [5, 5.41) is 8.65. The first-order chi connectivity index (χ1) is 21.4. The average Bonchev–Trinajstić information content (AvgIpc) is 3.02. The second kappa shape index (κ2) is 12.6. The molecule has 0 saturated carbocycles. The highest BCUT2D eigenvalue weighted by Crippen LogP contribution is 2.42. The van der Waals surface area contributed by atoms with E-state index in [4.69, 9.17) is 16.3 Å². The monoisotopic (exact) mass is 671 g/mol. The van der Waals surface area contributed by atoms with Gasteiger partial charge in [-0.15, -0.1) is 0 Å². The van der Waals surface area contributed by atoms with Crippen LogP contribution in [0.1, 0.15) is 18.4 Å². The number of halogens is 1. The molecule has 14 heteroatoms. The highest BCUT2D eigenvalue weighted by Gasteiger charge is 2.38. The summed E-state index contributed by atoms with van der Waals surface area (Å²) in [6, 6.07) is 12.1. The highest BCUT2D eigenvalue weighted by atomic mass is 35.5. The summed E-state index contributed by atoms with van der Waals surface area (Å²) in [6.07, 6.45) is 3.17. The van der Waals surface area contributed by atoms with Crippen LogP contribution in [0.2, 0.25) is 5.02 Å². The van der Waals surface area contributed by atoms with Crippen molar-refractivity contribution in [3.8, 4) is 5.75 Å². The number of nitrogens with one attached hydrogen (secondary N) is 2. The lowest BCUT2D eigenvalue weighted by Gasteiger charge is -2.49. The maximum Gasteiger partial charge on any atom is 0.235 e. The number of fused-ring (bicyclic) bond motifs is 3. The molecule has 3 aromatic rings. The van der Waals surface area contributed by atoms with Gasteiger partial charge >= 0.3 is 0 Å². The molecule has 6 rings (SSSR count). The van der Waals surface area contributed by atoms with E-state index in [-0.39, 0.29) is 6.04 Å². The Kier molecular flexibility index (Phi) is 8.88. The fourth-order valence-corrected chi connectivity index (χ4v) is 8.74. The third kappa shape index (κ3) is 6.71. The Morgan fingerprint density at radius 3 is 2.58 bits per heavy atom. The topological polar surface area (TPSA) is 120 Å². The third-order valence-electron chi connectivity index (χ3n) is 8.75. The predicted octanol–water partition coefficient (Wildman–Crippen LogP) is 4.99. The smallest absolute Gasteiger partial charge is 0.235 e. The number of aryl methyl sites for hydroxylation is 1. The first-order valence-electron chi connectivity index (χ1n) is 15.0. The minimum absolute atomic E-state index is 0.219. The van der Waals surface area contributed by atoms with E-state index in [1.54, 1.807) is 13.3 Å². The number of benzene rings is 2. The second-order valence-electron chi connectivity index (χ2n) is 12.1. The normalized spacial score (nSPS) is 19.7. The van der Waals surface area contributed by atoms with Gasteiger partial charge in [-0.3, -0.25) is 4.90 Å².